The Labute approximate surface area is 164 Å². The summed E-state index contributed by atoms with van der Waals surface area (Å²) >= 11 is 0. The Morgan fingerprint density at radius 2 is 1.93 bits per heavy atom. The van der Waals surface area contributed by atoms with E-state index in [0.717, 1.165) is 18.4 Å². The fourth-order valence-electron chi connectivity index (χ4n) is 2.99. The number of amides is 2. The Balaban J connectivity index is 1.82. The monoisotopic (exact) mass is 383 g/mol. The highest BCUT2D eigenvalue weighted by Gasteiger charge is 2.23. The van der Waals surface area contributed by atoms with Crippen LogP contribution in [0.1, 0.15) is 16.9 Å². The highest BCUT2D eigenvalue weighted by atomic mass is 16.5. The van der Waals surface area contributed by atoms with E-state index in [-0.39, 0.29) is 5.91 Å². The maximum Gasteiger partial charge on any atom is 0.272 e. The minimum absolute atomic E-state index is 0.148. The number of carbonyl (C=O) groups excluding carboxylic acids is 2. The van der Waals surface area contributed by atoms with Gasteiger partial charge in [0, 0.05) is 58.1 Å². The van der Waals surface area contributed by atoms with Gasteiger partial charge in [-0.15, -0.1) is 0 Å². The number of piperazine rings is 1. The zero-order chi connectivity index (χ0) is 19.8. The molecule has 28 heavy (non-hydrogen) atoms. The Kier molecular flexibility index (Phi) is 6.91. The predicted octanol–water partition coefficient (Wildman–Crippen LogP) is 1.51. The largest absolute Gasteiger partial charge is 0.385 e. The van der Waals surface area contributed by atoms with Crippen molar-refractivity contribution in [3.05, 3.63) is 42.1 Å². The molecule has 0 spiro atoms. The van der Waals surface area contributed by atoms with Gasteiger partial charge in [-0.25, -0.2) is 9.97 Å². The first-order valence-electron chi connectivity index (χ1n) is 9.37. The van der Waals surface area contributed by atoms with E-state index in [2.05, 4.69) is 15.3 Å². The minimum atomic E-state index is -0.148. The van der Waals surface area contributed by atoms with Crippen molar-refractivity contribution in [3.8, 4) is 11.4 Å². The third-order valence-electron chi connectivity index (χ3n) is 4.56. The van der Waals surface area contributed by atoms with Gasteiger partial charge >= 0.3 is 0 Å². The van der Waals surface area contributed by atoms with Crippen LogP contribution >= 0.6 is 0 Å². The summed E-state index contributed by atoms with van der Waals surface area (Å²) in [5.41, 5.74) is 1.20. The fourth-order valence-corrected chi connectivity index (χ4v) is 2.99. The smallest absolute Gasteiger partial charge is 0.272 e. The van der Waals surface area contributed by atoms with Gasteiger partial charge < -0.3 is 19.9 Å². The van der Waals surface area contributed by atoms with Gasteiger partial charge in [-0.3, -0.25) is 9.59 Å². The van der Waals surface area contributed by atoms with E-state index in [0.29, 0.717) is 56.7 Å². The average Bonchev–Trinajstić information content (AvgIpc) is 2.76. The van der Waals surface area contributed by atoms with Crippen LogP contribution in [0.4, 0.5) is 5.82 Å². The molecule has 1 aromatic carbocycles. The molecule has 8 nitrogen and oxygen atoms in total. The van der Waals surface area contributed by atoms with E-state index in [9.17, 15) is 9.59 Å². The molecule has 2 amide bonds. The van der Waals surface area contributed by atoms with Crippen molar-refractivity contribution in [1.29, 1.82) is 0 Å². The summed E-state index contributed by atoms with van der Waals surface area (Å²) in [6.07, 6.45) is 1.65. The number of rotatable bonds is 8. The van der Waals surface area contributed by atoms with E-state index >= 15 is 0 Å². The van der Waals surface area contributed by atoms with Crippen molar-refractivity contribution in [3.63, 3.8) is 0 Å². The molecule has 1 aliphatic rings. The van der Waals surface area contributed by atoms with Crippen molar-refractivity contribution in [2.45, 2.75) is 6.42 Å². The van der Waals surface area contributed by atoms with Crippen LogP contribution in [-0.4, -0.2) is 78.5 Å². The van der Waals surface area contributed by atoms with Gasteiger partial charge in [-0.05, 0) is 6.42 Å². The van der Waals surface area contributed by atoms with Crippen molar-refractivity contribution >= 4 is 18.1 Å². The number of hydrogen-bond donors (Lipinski definition) is 1. The van der Waals surface area contributed by atoms with Gasteiger partial charge in [0.25, 0.3) is 5.91 Å². The first kappa shape index (κ1) is 19.8. The van der Waals surface area contributed by atoms with E-state index in [4.69, 9.17) is 4.74 Å². The van der Waals surface area contributed by atoms with Crippen LogP contribution in [0.3, 0.4) is 0 Å². The van der Waals surface area contributed by atoms with Gasteiger partial charge in [0.05, 0.1) is 0 Å². The van der Waals surface area contributed by atoms with Gasteiger partial charge in [0.15, 0.2) is 5.82 Å². The second-order valence-corrected chi connectivity index (χ2v) is 6.53. The van der Waals surface area contributed by atoms with Crippen LogP contribution in [0, 0.1) is 0 Å². The highest BCUT2D eigenvalue weighted by Crippen LogP contribution is 2.19. The third kappa shape index (κ3) is 5.04. The highest BCUT2D eigenvalue weighted by molar-refractivity contribution is 5.93. The molecular weight excluding hydrogens is 358 g/mol. The summed E-state index contributed by atoms with van der Waals surface area (Å²) in [5, 5.41) is 3.25. The van der Waals surface area contributed by atoms with Crippen LogP contribution in [0.25, 0.3) is 11.4 Å². The molecule has 148 valence electrons. The van der Waals surface area contributed by atoms with Crippen molar-refractivity contribution in [2.24, 2.45) is 0 Å². The second kappa shape index (κ2) is 9.80. The van der Waals surface area contributed by atoms with E-state index in [1.165, 1.54) is 0 Å². The lowest BCUT2D eigenvalue weighted by molar-refractivity contribution is -0.119. The number of methoxy groups -OCH3 is 1. The standard InChI is InChI=1S/C20H25N5O3/c1-28-13-5-8-21-18-14-17(20(27)25-11-9-24(15-26)10-12-25)22-19(23-18)16-6-3-2-4-7-16/h2-4,6-7,14-15H,5,8-13H2,1H3,(H,21,22,23). The van der Waals surface area contributed by atoms with Crippen LogP contribution < -0.4 is 5.32 Å². The molecule has 0 saturated carbocycles. The minimum Gasteiger partial charge on any atom is -0.385 e. The molecule has 0 atom stereocenters. The SMILES string of the molecule is COCCCNc1cc(C(=O)N2CCN(C=O)CC2)nc(-c2ccccc2)n1. The maximum atomic E-state index is 13.0. The lowest BCUT2D eigenvalue weighted by Gasteiger charge is -2.32. The lowest BCUT2D eigenvalue weighted by atomic mass is 10.2. The molecule has 1 N–H and O–H groups in total. The fraction of sp³-hybridized carbons (Fsp3) is 0.400. The van der Waals surface area contributed by atoms with Gasteiger partial charge in [-0.1, -0.05) is 30.3 Å². The molecule has 1 saturated heterocycles. The van der Waals surface area contributed by atoms with Crippen molar-refractivity contribution < 1.29 is 14.3 Å². The molecule has 0 aliphatic carbocycles. The van der Waals surface area contributed by atoms with Crippen LogP contribution in [0.2, 0.25) is 0 Å². The quantitative estimate of drug-likeness (QED) is 0.549. The number of nitrogens with zero attached hydrogens (tertiary/aromatic N) is 4. The summed E-state index contributed by atoms with van der Waals surface area (Å²) in [6.45, 7) is 3.40. The average molecular weight is 383 g/mol. The number of anilines is 1. The molecule has 0 radical (unpaired) electrons. The molecule has 1 aliphatic heterocycles. The topological polar surface area (TPSA) is 87.7 Å². The summed E-state index contributed by atoms with van der Waals surface area (Å²) < 4.78 is 5.07. The van der Waals surface area contributed by atoms with Crippen LogP contribution in [0.5, 0.6) is 0 Å². The normalized spacial score (nSPS) is 14.0. The summed E-state index contributed by atoms with van der Waals surface area (Å²) in [4.78, 5) is 36.3. The molecule has 8 heteroatoms. The lowest BCUT2D eigenvalue weighted by Crippen LogP contribution is -2.48. The first-order valence-corrected chi connectivity index (χ1v) is 9.37. The van der Waals surface area contributed by atoms with E-state index < -0.39 is 0 Å². The molecule has 1 fully saturated rings. The molecule has 3 rings (SSSR count). The Bertz CT molecular complexity index is 792. The Morgan fingerprint density at radius 1 is 1.18 bits per heavy atom. The summed E-state index contributed by atoms with van der Waals surface area (Å²) in [7, 11) is 1.67. The third-order valence-corrected chi connectivity index (χ3v) is 4.56. The number of carbonyl (C=O) groups is 2. The summed E-state index contributed by atoms with van der Waals surface area (Å²) in [6, 6.07) is 11.3. The first-order chi connectivity index (χ1) is 13.7. The van der Waals surface area contributed by atoms with Crippen molar-refractivity contribution in [2.75, 3.05) is 51.8 Å². The van der Waals surface area contributed by atoms with Gasteiger partial charge in [-0.2, -0.15) is 0 Å². The Hall–Kier alpha value is -3.00. The Morgan fingerprint density at radius 3 is 2.61 bits per heavy atom. The number of aromatic nitrogens is 2. The molecule has 2 aromatic rings. The number of benzene rings is 1. The number of ether oxygens (including phenoxy) is 1. The number of nitrogens with one attached hydrogen (secondary N) is 1. The van der Waals surface area contributed by atoms with Gasteiger partial charge in [0.1, 0.15) is 11.5 Å². The van der Waals surface area contributed by atoms with Gasteiger partial charge in [0.2, 0.25) is 6.41 Å². The maximum absolute atomic E-state index is 13.0. The number of hydrogen-bond acceptors (Lipinski definition) is 6. The molecule has 0 unspecified atom stereocenters. The molecule has 1 aromatic heterocycles. The van der Waals surface area contributed by atoms with E-state index in [1.807, 2.05) is 30.3 Å². The predicted molar refractivity (Wildman–Crippen MR) is 106 cm³/mol. The van der Waals surface area contributed by atoms with Crippen LogP contribution in [0.15, 0.2) is 36.4 Å². The molecule has 0 bridgehead atoms. The zero-order valence-corrected chi connectivity index (χ0v) is 16.0. The van der Waals surface area contributed by atoms with E-state index in [1.54, 1.807) is 23.0 Å². The summed E-state index contributed by atoms with van der Waals surface area (Å²) in [5.74, 6) is 0.970. The van der Waals surface area contributed by atoms with Crippen LogP contribution in [-0.2, 0) is 9.53 Å². The zero-order valence-electron chi connectivity index (χ0n) is 16.0. The molecule has 2 heterocycles. The van der Waals surface area contributed by atoms with Crippen molar-refractivity contribution in [1.82, 2.24) is 19.8 Å². The molecular formula is C20H25N5O3. The second-order valence-electron chi connectivity index (χ2n) is 6.53.